The number of benzene rings is 2. The van der Waals surface area contributed by atoms with Gasteiger partial charge < -0.3 is 19.8 Å². The molecular formula is C26H34N4O3. The molecule has 1 saturated heterocycles. The maximum atomic E-state index is 9.79. The van der Waals surface area contributed by atoms with Gasteiger partial charge in [0.2, 0.25) is 0 Å². The van der Waals surface area contributed by atoms with Crippen LogP contribution in [0.25, 0.3) is 11.4 Å². The minimum atomic E-state index is -0.303. The van der Waals surface area contributed by atoms with E-state index in [1.165, 1.54) is 0 Å². The van der Waals surface area contributed by atoms with Crippen LogP contribution in [0.2, 0.25) is 0 Å². The Morgan fingerprint density at radius 1 is 1.03 bits per heavy atom. The summed E-state index contributed by atoms with van der Waals surface area (Å²) >= 11 is 0. The Morgan fingerprint density at radius 3 is 2.30 bits per heavy atom. The van der Waals surface area contributed by atoms with Crippen LogP contribution < -0.4 is 9.64 Å². The number of aliphatic hydroxyl groups is 2. The van der Waals surface area contributed by atoms with Crippen molar-refractivity contribution in [1.29, 1.82) is 0 Å². The summed E-state index contributed by atoms with van der Waals surface area (Å²) in [6.45, 7) is 6.44. The third-order valence-electron chi connectivity index (χ3n) is 6.23. The van der Waals surface area contributed by atoms with Crippen molar-refractivity contribution < 1.29 is 14.9 Å². The predicted octanol–water partition coefficient (Wildman–Crippen LogP) is 3.52. The molecule has 2 heterocycles. The average Bonchev–Trinajstić information content (AvgIpc) is 3.21. The fraction of sp³-hybridized carbons (Fsp3) is 0.462. The van der Waals surface area contributed by atoms with Crippen molar-refractivity contribution in [3.8, 4) is 17.1 Å². The first-order valence-corrected chi connectivity index (χ1v) is 11.6. The molecule has 1 fully saturated rings. The Bertz CT molecular complexity index is 1040. The van der Waals surface area contributed by atoms with Crippen LogP contribution in [0.15, 0.2) is 48.5 Å². The monoisotopic (exact) mass is 450 g/mol. The fourth-order valence-electron chi connectivity index (χ4n) is 4.08. The molecule has 4 rings (SSSR count). The van der Waals surface area contributed by atoms with Gasteiger partial charge in [-0.05, 0) is 54.8 Å². The van der Waals surface area contributed by atoms with E-state index in [4.69, 9.17) is 14.8 Å². The van der Waals surface area contributed by atoms with Crippen LogP contribution in [0.3, 0.4) is 0 Å². The summed E-state index contributed by atoms with van der Waals surface area (Å²) in [7, 11) is 1.66. The van der Waals surface area contributed by atoms with Crippen molar-refractivity contribution in [1.82, 2.24) is 14.8 Å². The van der Waals surface area contributed by atoms with Crippen molar-refractivity contribution in [2.45, 2.75) is 45.8 Å². The van der Waals surface area contributed by atoms with Crippen LogP contribution in [0, 0.1) is 5.41 Å². The highest BCUT2D eigenvalue weighted by atomic mass is 16.5. The van der Waals surface area contributed by atoms with Gasteiger partial charge in [-0.2, -0.15) is 5.10 Å². The highest BCUT2D eigenvalue weighted by molar-refractivity contribution is 5.60. The van der Waals surface area contributed by atoms with Crippen molar-refractivity contribution >= 4 is 5.69 Å². The second-order valence-electron chi connectivity index (χ2n) is 9.62. The highest BCUT2D eigenvalue weighted by Gasteiger charge is 2.22. The number of hydrogen-bond acceptors (Lipinski definition) is 6. The van der Waals surface area contributed by atoms with E-state index < -0.39 is 0 Å². The van der Waals surface area contributed by atoms with Gasteiger partial charge >= 0.3 is 0 Å². The fourth-order valence-corrected chi connectivity index (χ4v) is 4.08. The Kier molecular flexibility index (Phi) is 7.00. The van der Waals surface area contributed by atoms with Gasteiger partial charge in [-0.1, -0.05) is 26.0 Å². The number of methoxy groups -OCH3 is 1. The smallest absolute Gasteiger partial charge is 0.181 e. The third kappa shape index (κ3) is 5.72. The van der Waals surface area contributed by atoms with E-state index in [2.05, 4.69) is 29.2 Å². The molecule has 1 aliphatic heterocycles. The number of aromatic nitrogens is 3. The normalized spacial score (nSPS) is 15.1. The van der Waals surface area contributed by atoms with Crippen molar-refractivity contribution in [2.75, 3.05) is 31.7 Å². The lowest BCUT2D eigenvalue weighted by molar-refractivity contribution is 0.135. The Labute approximate surface area is 195 Å². The van der Waals surface area contributed by atoms with Gasteiger partial charge in [0.05, 0.1) is 19.8 Å². The number of ether oxygens (including phenoxy) is 1. The molecule has 1 aromatic heterocycles. The van der Waals surface area contributed by atoms with Crippen LogP contribution in [-0.4, -0.2) is 57.9 Å². The topological polar surface area (TPSA) is 83.6 Å². The summed E-state index contributed by atoms with van der Waals surface area (Å²) in [4.78, 5) is 7.19. The second-order valence-corrected chi connectivity index (χ2v) is 9.62. The lowest BCUT2D eigenvalue weighted by Crippen LogP contribution is -2.35. The number of piperidine rings is 1. The van der Waals surface area contributed by atoms with E-state index >= 15 is 0 Å². The first kappa shape index (κ1) is 23.3. The Hall–Kier alpha value is -2.90. The molecule has 33 heavy (non-hydrogen) atoms. The molecule has 0 saturated carbocycles. The number of nitrogens with zero attached hydrogens (tertiary/aromatic N) is 4. The van der Waals surface area contributed by atoms with Crippen LogP contribution >= 0.6 is 0 Å². The summed E-state index contributed by atoms with van der Waals surface area (Å²) in [5, 5.41) is 24.4. The second kappa shape index (κ2) is 9.93. The van der Waals surface area contributed by atoms with Gasteiger partial charge in [-0.15, -0.1) is 0 Å². The standard InChI is InChI=1S/C26H34N4O3/c1-26(2,18-31)17-30-24(16-19-4-10-23(33-3)11-5-19)27-25(28-30)20-6-8-21(9-7-20)29-14-12-22(32)13-15-29/h4-11,22,31-32H,12-18H2,1-3H3. The molecule has 7 heteroatoms. The summed E-state index contributed by atoms with van der Waals surface area (Å²) in [6, 6.07) is 16.3. The molecular weight excluding hydrogens is 416 g/mol. The number of aliphatic hydroxyl groups excluding tert-OH is 2. The molecule has 0 unspecified atom stereocenters. The largest absolute Gasteiger partial charge is 0.497 e. The van der Waals surface area contributed by atoms with Crippen molar-refractivity contribution in [3.05, 3.63) is 59.9 Å². The van der Waals surface area contributed by atoms with Gasteiger partial charge in [-0.3, -0.25) is 0 Å². The third-order valence-corrected chi connectivity index (χ3v) is 6.23. The minimum absolute atomic E-state index is 0.0728. The minimum Gasteiger partial charge on any atom is -0.497 e. The predicted molar refractivity (Wildman–Crippen MR) is 130 cm³/mol. The molecule has 7 nitrogen and oxygen atoms in total. The molecule has 0 spiro atoms. The molecule has 3 aromatic rings. The van der Waals surface area contributed by atoms with Crippen LogP contribution in [0.4, 0.5) is 5.69 Å². The Morgan fingerprint density at radius 2 is 1.70 bits per heavy atom. The van der Waals surface area contributed by atoms with E-state index in [1.54, 1.807) is 7.11 Å². The zero-order chi connectivity index (χ0) is 23.4. The zero-order valence-corrected chi connectivity index (χ0v) is 19.7. The number of rotatable bonds is 8. The maximum Gasteiger partial charge on any atom is 0.181 e. The SMILES string of the molecule is COc1ccc(Cc2nc(-c3ccc(N4CCC(O)CC4)cc3)nn2CC(C)(C)CO)cc1. The summed E-state index contributed by atoms with van der Waals surface area (Å²) in [5.74, 6) is 2.38. The van der Waals surface area contributed by atoms with Gasteiger partial charge in [0.15, 0.2) is 5.82 Å². The molecule has 0 bridgehead atoms. The van der Waals surface area contributed by atoms with E-state index in [0.717, 1.165) is 54.3 Å². The lowest BCUT2D eigenvalue weighted by Gasteiger charge is -2.31. The first-order valence-electron chi connectivity index (χ1n) is 11.6. The van der Waals surface area contributed by atoms with Gasteiger partial charge in [0.25, 0.3) is 0 Å². The van der Waals surface area contributed by atoms with Crippen molar-refractivity contribution in [2.24, 2.45) is 5.41 Å². The molecule has 0 radical (unpaired) electrons. The number of anilines is 1. The Balaban J connectivity index is 1.58. The first-order chi connectivity index (χ1) is 15.9. The van der Waals surface area contributed by atoms with Gasteiger partial charge in [0.1, 0.15) is 11.6 Å². The molecule has 2 aromatic carbocycles. The molecule has 2 N–H and O–H groups in total. The average molecular weight is 451 g/mol. The molecule has 0 amide bonds. The van der Waals surface area contributed by atoms with E-state index in [9.17, 15) is 10.2 Å². The van der Waals surface area contributed by atoms with Crippen LogP contribution in [0.1, 0.15) is 38.1 Å². The molecule has 1 aliphatic rings. The van der Waals surface area contributed by atoms with E-state index in [1.807, 2.05) is 42.8 Å². The lowest BCUT2D eigenvalue weighted by atomic mass is 9.95. The van der Waals surface area contributed by atoms with Crippen molar-refractivity contribution in [3.63, 3.8) is 0 Å². The zero-order valence-electron chi connectivity index (χ0n) is 19.7. The van der Waals surface area contributed by atoms with Gasteiger partial charge in [-0.25, -0.2) is 9.67 Å². The highest BCUT2D eigenvalue weighted by Crippen LogP contribution is 2.26. The molecule has 0 atom stereocenters. The summed E-state index contributed by atoms with van der Waals surface area (Å²) < 4.78 is 7.19. The quantitative estimate of drug-likeness (QED) is 0.546. The summed E-state index contributed by atoms with van der Waals surface area (Å²) in [5.41, 5.74) is 2.94. The molecule has 0 aliphatic carbocycles. The summed E-state index contributed by atoms with van der Waals surface area (Å²) in [6.07, 6.45) is 2.08. The van der Waals surface area contributed by atoms with Crippen LogP contribution in [0.5, 0.6) is 5.75 Å². The van der Waals surface area contributed by atoms with E-state index in [0.29, 0.717) is 18.8 Å². The van der Waals surface area contributed by atoms with Crippen LogP contribution in [-0.2, 0) is 13.0 Å². The maximum absolute atomic E-state index is 9.79. The molecule has 176 valence electrons. The number of hydrogen-bond donors (Lipinski definition) is 2. The van der Waals surface area contributed by atoms with E-state index in [-0.39, 0.29) is 18.1 Å². The van der Waals surface area contributed by atoms with Gasteiger partial charge in [0, 0.05) is 42.8 Å².